The minimum atomic E-state index is -1.10. The first kappa shape index (κ1) is 21.4. The number of carbonyl (C=O) groups excluding carboxylic acids is 3. The highest BCUT2D eigenvalue weighted by Crippen LogP contribution is 2.13. The number of ether oxygens (including phenoxy) is 1. The molecule has 0 radical (unpaired) electrons. The summed E-state index contributed by atoms with van der Waals surface area (Å²) in [6.07, 6.45) is 0. The van der Waals surface area contributed by atoms with Crippen LogP contribution in [0.1, 0.15) is 5.56 Å². The zero-order chi connectivity index (χ0) is 20.5. The van der Waals surface area contributed by atoms with Crippen molar-refractivity contribution in [2.75, 3.05) is 28.7 Å². The molecule has 6 nitrogen and oxygen atoms in total. The molecule has 2 aromatic carbocycles. The molecule has 0 bridgehead atoms. The van der Waals surface area contributed by atoms with Gasteiger partial charge in [-0.3, -0.25) is 14.4 Å². The summed E-state index contributed by atoms with van der Waals surface area (Å²) in [5.41, 5.74) is 1.78. The summed E-state index contributed by atoms with van der Waals surface area (Å²) in [5.74, 6) is -3.83. The van der Waals surface area contributed by atoms with E-state index in [1.807, 2.05) is 19.1 Å². The second-order valence-corrected chi connectivity index (χ2v) is 6.73. The van der Waals surface area contributed by atoms with E-state index in [2.05, 4.69) is 10.6 Å². The number of benzene rings is 2. The molecule has 2 aromatic rings. The standard InChI is InChI=1S/C19H18F2N2O4S/c1-12-2-4-13(5-3-12)22-18(25)10-28-11-19(26)27-9-17(24)23-14-6-7-15(20)16(21)8-14/h2-8H,9-11H2,1H3,(H,22,25)(H,23,24). The van der Waals surface area contributed by atoms with Gasteiger partial charge in [-0.1, -0.05) is 17.7 Å². The Bertz CT molecular complexity index is 860. The van der Waals surface area contributed by atoms with Crippen molar-refractivity contribution in [2.24, 2.45) is 0 Å². The molecule has 2 amide bonds. The van der Waals surface area contributed by atoms with Gasteiger partial charge in [-0.2, -0.15) is 0 Å². The van der Waals surface area contributed by atoms with E-state index >= 15 is 0 Å². The molecule has 0 aliphatic heterocycles. The predicted octanol–water partition coefficient (Wildman–Crippen LogP) is 3.13. The zero-order valence-electron chi connectivity index (χ0n) is 15.0. The van der Waals surface area contributed by atoms with Crippen LogP contribution in [-0.4, -0.2) is 35.9 Å². The second kappa shape index (κ2) is 10.4. The van der Waals surface area contributed by atoms with Crippen LogP contribution in [0.5, 0.6) is 0 Å². The molecule has 0 fully saturated rings. The van der Waals surface area contributed by atoms with E-state index in [9.17, 15) is 23.2 Å². The fraction of sp³-hybridized carbons (Fsp3) is 0.211. The number of rotatable bonds is 8. The number of amides is 2. The van der Waals surface area contributed by atoms with E-state index in [0.717, 1.165) is 29.5 Å². The monoisotopic (exact) mass is 408 g/mol. The van der Waals surface area contributed by atoms with Crippen LogP contribution in [0.2, 0.25) is 0 Å². The third-order valence-corrected chi connectivity index (χ3v) is 4.26. The molecular weight excluding hydrogens is 390 g/mol. The van der Waals surface area contributed by atoms with Crippen LogP contribution in [-0.2, 0) is 19.1 Å². The summed E-state index contributed by atoms with van der Waals surface area (Å²) in [5, 5.41) is 4.97. The first-order valence-electron chi connectivity index (χ1n) is 8.18. The van der Waals surface area contributed by atoms with Crippen molar-refractivity contribution >= 4 is 40.9 Å². The number of esters is 1. The number of nitrogens with one attached hydrogen (secondary N) is 2. The van der Waals surface area contributed by atoms with Gasteiger partial charge in [0.15, 0.2) is 18.2 Å². The summed E-state index contributed by atoms with van der Waals surface area (Å²) in [6.45, 7) is 1.36. The van der Waals surface area contributed by atoms with Gasteiger partial charge in [0, 0.05) is 17.4 Å². The Morgan fingerprint density at radius 2 is 1.54 bits per heavy atom. The number of aryl methyl sites for hydroxylation is 1. The third-order valence-electron chi connectivity index (χ3n) is 3.36. The Hall–Kier alpha value is -2.94. The number of halogens is 2. The van der Waals surface area contributed by atoms with Gasteiger partial charge in [0.1, 0.15) is 0 Å². The van der Waals surface area contributed by atoms with Crippen molar-refractivity contribution in [3.05, 3.63) is 59.7 Å². The number of carbonyl (C=O) groups is 3. The SMILES string of the molecule is Cc1ccc(NC(=O)CSCC(=O)OCC(=O)Nc2ccc(F)c(F)c2)cc1. The van der Waals surface area contributed by atoms with Crippen LogP contribution < -0.4 is 10.6 Å². The van der Waals surface area contributed by atoms with Crippen molar-refractivity contribution < 1.29 is 27.9 Å². The van der Waals surface area contributed by atoms with E-state index in [4.69, 9.17) is 4.74 Å². The topological polar surface area (TPSA) is 84.5 Å². The quantitative estimate of drug-likeness (QED) is 0.656. The fourth-order valence-corrected chi connectivity index (χ4v) is 2.63. The molecular formula is C19H18F2N2O4S. The number of hydrogen-bond donors (Lipinski definition) is 2. The molecule has 0 heterocycles. The van der Waals surface area contributed by atoms with Gasteiger partial charge in [0.2, 0.25) is 5.91 Å². The Kier molecular flexibility index (Phi) is 7.94. The van der Waals surface area contributed by atoms with Gasteiger partial charge in [-0.25, -0.2) is 8.78 Å². The molecule has 0 saturated carbocycles. The first-order chi connectivity index (χ1) is 13.3. The summed E-state index contributed by atoms with van der Waals surface area (Å²) in [6, 6.07) is 10.2. The van der Waals surface area contributed by atoms with Gasteiger partial charge >= 0.3 is 5.97 Å². The van der Waals surface area contributed by atoms with Crippen molar-refractivity contribution in [3.8, 4) is 0 Å². The molecule has 0 aromatic heterocycles. The van der Waals surface area contributed by atoms with Crippen LogP contribution in [0.25, 0.3) is 0 Å². The van der Waals surface area contributed by atoms with Crippen molar-refractivity contribution in [2.45, 2.75) is 6.92 Å². The van der Waals surface area contributed by atoms with E-state index in [1.165, 1.54) is 6.07 Å². The molecule has 0 aliphatic rings. The molecule has 0 aliphatic carbocycles. The fourth-order valence-electron chi connectivity index (χ4n) is 2.02. The Balaban J connectivity index is 1.63. The Morgan fingerprint density at radius 1 is 0.893 bits per heavy atom. The maximum absolute atomic E-state index is 13.1. The third kappa shape index (κ3) is 7.36. The van der Waals surface area contributed by atoms with Crippen LogP contribution in [0.3, 0.4) is 0 Å². The molecule has 28 heavy (non-hydrogen) atoms. The van der Waals surface area contributed by atoms with Crippen LogP contribution >= 0.6 is 11.8 Å². The lowest BCUT2D eigenvalue weighted by Gasteiger charge is -2.07. The summed E-state index contributed by atoms with van der Waals surface area (Å²) in [4.78, 5) is 35.1. The van der Waals surface area contributed by atoms with Crippen LogP contribution in [0.4, 0.5) is 20.2 Å². The lowest BCUT2D eigenvalue weighted by molar-refractivity contribution is -0.144. The average molecular weight is 408 g/mol. The maximum atomic E-state index is 13.1. The van der Waals surface area contributed by atoms with Crippen LogP contribution in [0, 0.1) is 18.6 Å². The smallest absolute Gasteiger partial charge is 0.316 e. The number of anilines is 2. The van der Waals surface area contributed by atoms with Crippen molar-refractivity contribution in [1.29, 1.82) is 0 Å². The molecule has 9 heteroatoms. The highest BCUT2D eigenvalue weighted by atomic mass is 32.2. The van der Waals surface area contributed by atoms with Gasteiger partial charge in [0.25, 0.3) is 5.91 Å². The van der Waals surface area contributed by atoms with Gasteiger partial charge < -0.3 is 15.4 Å². The van der Waals surface area contributed by atoms with Crippen molar-refractivity contribution in [3.63, 3.8) is 0 Å². The normalized spacial score (nSPS) is 10.2. The van der Waals surface area contributed by atoms with Gasteiger partial charge in [-0.05, 0) is 31.2 Å². The minimum Gasteiger partial charge on any atom is -0.455 e. The van der Waals surface area contributed by atoms with E-state index in [0.29, 0.717) is 5.69 Å². The molecule has 148 valence electrons. The molecule has 2 rings (SSSR count). The highest BCUT2D eigenvalue weighted by molar-refractivity contribution is 8.00. The predicted molar refractivity (Wildman–Crippen MR) is 103 cm³/mol. The molecule has 0 atom stereocenters. The number of hydrogen-bond acceptors (Lipinski definition) is 5. The minimum absolute atomic E-state index is 0.0436. The Labute approximate surface area is 164 Å². The van der Waals surface area contributed by atoms with Crippen LogP contribution in [0.15, 0.2) is 42.5 Å². The molecule has 0 spiro atoms. The largest absolute Gasteiger partial charge is 0.455 e. The van der Waals surface area contributed by atoms with E-state index in [-0.39, 0.29) is 23.1 Å². The summed E-state index contributed by atoms with van der Waals surface area (Å²) >= 11 is 1.04. The summed E-state index contributed by atoms with van der Waals surface area (Å²) < 4.78 is 30.6. The lowest BCUT2D eigenvalue weighted by atomic mass is 10.2. The molecule has 2 N–H and O–H groups in total. The van der Waals surface area contributed by atoms with E-state index < -0.39 is 30.1 Å². The second-order valence-electron chi connectivity index (χ2n) is 5.74. The lowest BCUT2D eigenvalue weighted by Crippen LogP contribution is -2.22. The number of thioether (sulfide) groups is 1. The van der Waals surface area contributed by atoms with Gasteiger partial charge in [0.05, 0.1) is 11.5 Å². The van der Waals surface area contributed by atoms with Gasteiger partial charge in [-0.15, -0.1) is 11.8 Å². The summed E-state index contributed by atoms with van der Waals surface area (Å²) in [7, 11) is 0. The van der Waals surface area contributed by atoms with Crippen molar-refractivity contribution in [1.82, 2.24) is 0 Å². The average Bonchev–Trinajstić information content (AvgIpc) is 2.65. The molecule has 0 saturated heterocycles. The highest BCUT2D eigenvalue weighted by Gasteiger charge is 2.11. The molecule has 0 unspecified atom stereocenters. The first-order valence-corrected chi connectivity index (χ1v) is 9.34. The van der Waals surface area contributed by atoms with E-state index in [1.54, 1.807) is 12.1 Å². The zero-order valence-corrected chi connectivity index (χ0v) is 15.8. The Morgan fingerprint density at radius 3 is 2.21 bits per heavy atom. The maximum Gasteiger partial charge on any atom is 0.316 e.